The second-order valence-corrected chi connectivity index (χ2v) is 5.60. The van der Waals surface area contributed by atoms with Gasteiger partial charge in [0.25, 0.3) is 0 Å². The van der Waals surface area contributed by atoms with Crippen LogP contribution in [0.3, 0.4) is 0 Å². The fourth-order valence-corrected chi connectivity index (χ4v) is 2.62. The molecule has 1 aromatic heterocycles. The Balaban J connectivity index is 1.97. The molecule has 1 aliphatic carbocycles. The predicted octanol–water partition coefficient (Wildman–Crippen LogP) is 2.00. The van der Waals surface area contributed by atoms with Crippen LogP contribution in [0.1, 0.15) is 39.0 Å². The van der Waals surface area contributed by atoms with Gasteiger partial charge in [0.05, 0.1) is 0 Å². The highest BCUT2D eigenvalue weighted by Gasteiger charge is 2.14. The van der Waals surface area contributed by atoms with Gasteiger partial charge in [-0.3, -0.25) is 0 Å². The molecule has 1 fully saturated rings. The van der Waals surface area contributed by atoms with Gasteiger partial charge in [0, 0.05) is 31.7 Å². The Morgan fingerprint density at radius 3 is 2.79 bits per heavy atom. The molecule has 5 nitrogen and oxygen atoms in total. The number of nitrogens with zero attached hydrogens (tertiary/aromatic N) is 3. The molecule has 0 aromatic carbocycles. The van der Waals surface area contributed by atoms with E-state index in [1.165, 1.54) is 32.1 Å². The minimum absolute atomic E-state index is 0.134. The smallest absolute Gasteiger partial charge is 0.133 e. The summed E-state index contributed by atoms with van der Waals surface area (Å²) in [6, 6.07) is 2.71. The van der Waals surface area contributed by atoms with Crippen molar-refractivity contribution in [3.05, 3.63) is 12.4 Å². The van der Waals surface area contributed by atoms with Crippen LogP contribution in [0.2, 0.25) is 0 Å². The van der Waals surface area contributed by atoms with Gasteiger partial charge in [0.15, 0.2) is 0 Å². The maximum absolute atomic E-state index is 5.82. The number of aromatic nitrogens is 2. The first-order chi connectivity index (χ1) is 9.15. The van der Waals surface area contributed by atoms with E-state index < -0.39 is 0 Å². The van der Waals surface area contributed by atoms with Crippen LogP contribution in [-0.2, 0) is 0 Å². The Morgan fingerprint density at radius 1 is 1.37 bits per heavy atom. The Labute approximate surface area is 115 Å². The molecule has 1 unspecified atom stereocenters. The molecule has 5 heteroatoms. The third-order valence-corrected chi connectivity index (χ3v) is 3.56. The van der Waals surface area contributed by atoms with Gasteiger partial charge >= 0.3 is 0 Å². The monoisotopic (exact) mass is 263 g/mol. The van der Waals surface area contributed by atoms with E-state index in [1.807, 2.05) is 20.0 Å². The third-order valence-electron chi connectivity index (χ3n) is 3.56. The normalized spacial score (nSPS) is 18.1. The SMILES string of the molecule is CC(N)CN(C)c1cc(NC2CCCCC2)ncn1. The quantitative estimate of drug-likeness (QED) is 0.850. The maximum Gasteiger partial charge on any atom is 0.133 e. The van der Waals surface area contributed by atoms with Crippen molar-refractivity contribution in [1.82, 2.24) is 9.97 Å². The van der Waals surface area contributed by atoms with Crippen LogP contribution in [0.25, 0.3) is 0 Å². The standard InChI is InChI=1S/C14H25N5/c1-11(15)9-19(2)14-8-13(16-10-17-14)18-12-6-4-3-5-7-12/h8,10-12H,3-7,9,15H2,1-2H3,(H,16,17,18). The highest BCUT2D eigenvalue weighted by atomic mass is 15.2. The number of likely N-dealkylation sites (N-methyl/N-ethyl adjacent to an activating group) is 1. The molecule has 1 aromatic rings. The predicted molar refractivity (Wildman–Crippen MR) is 79.4 cm³/mol. The molecule has 3 N–H and O–H groups in total. The van der Waals surface area contributed by atoms with Crippen LogP contribution in [0, 0.1) is 0 Å². The zero-order valence-corrected chi connectivity index (χ0v) is 12.0. The minimum Gasteiger partial charge on any atom is -0.367 e. The molecular weight excluding hydrogens is 238 g/mol. The van der Waals surface area contributed by atoms with Crippen molar-refractivity contribution in [1.29, 1.82) is 0 Å². The summed E-state index contributed by atoms with van der Waals surface area (Å²) in [5, 5.41) is 3.52. The fourth-order valence-electron chi connectivity index (χ4n) is 2.62. The van der Waals surface area contributed by atoms with E-state index in [-0.39, 0.29) is 6.04 Å². The van der Waals surface area contributed by atoms with Crippen molar-refractivity contribution >= 4 is 11.6 Å². The van der Waals surface area contributed by atoms with Crippen LogP contribution < -0.4 is 16.0 Å². The van der Waals surface area contributed by atoms with Crippen molar-refractivity contribution < 1.29 is 0 Å². The summed E-state index contributed by atoms with van der Waals surface area (Å²) in [5.74, 6) is 1.85. The first kappa shape index (κ1) is 14.1. The zero-order chi connectivity index (χ0) is 13.7. The van der Waals surface area contributed by atoms with Gasteiger partial charge in [-0.25, -0.2) is 9.97 Å². The van der Waals surface area contributed by atoms with E-state index in [1.54, 1.807) is 6.33 Å². The van der Waals surface area contributed by atoms with Crippen LogP contribution in [0.15, 0.2) is 12.4 Å². The molecule has 0 amide bonds. The molecule has 2 rings (SSSR count). The average molecular weight is 263 g/mol. The topological polar surface area (TPSA) is 67.1 Å². The van der Waals surface area contributed by atoms with Crippen LogP contribution in [0.4, 0.5) is 11.6 Å². The largest absolute Gasteiger partial charge is 0.367 e. The summed E-state index contributed by atoms with van der Waals surface area (Å²) in [6.07, 6.45) is 8.12. The fraction of sp³-hybridized carbons (Fsp3) is 0.714. The molecule has 1 aliphatic rings. The van der Waals surface area contributed by atoms with Gasteiger partial charge in [0.1, 0.15) is 18.0 Å². The summed E-state index contributed by atoms with van der Waals surface area (Å²) in [7, 11) is 2.01. The average Bonchev–Trinajstić information content (AvgIpc) is 2.39. The molecule has 0 radical (unpaired) electrons. The van der Waals surface area contributed by atoms with E-state index in [4.69, 9.17) is 5.73 Å². The summed E-state index contributed by atoms with van der Waals surface area (Å²) < 4.78 is 0. The van der Waals surface area contributed by atoms with Gasteiger partial charge < -0.3 is 16.0 Å². The highest BCUT2D eigenvalue weighted by Crippen LogP contribution is 2.21. The van der Waals surface area contributed by atoms with Crippen molar-refractivity contribution in [2.75, 3.05) is 23.8 Å². The first-order valence-corrected chi connectivity index (χ1v) is 7.20. The summed E-state index contributed by atoms with van der Waals surface area (Å²) in [6.45, 7) is 2.79. The molecule has 1 atom stereocenters. The van der Waals surface area contributed by atoms with Gasteiger partial charge in [-0.2, -0.15) is 0 Å². The van der Waals surface area contributed by atoms with Crippen molar-refractivity contribution in [3.8, 4) is 0 Å². The lowest BCUT2D eigenvalue weighted by molar-refractivity contribution is 0.462. The summed E-state index contributed by atoms with van der Waals surface area (Å²) in [5.41, 5.74) is 5.82. The summed E-state index contributed by atoms with van der Waals surface area (Å²) in [4.78, 5) is 10.7. The van der Waals surface area contributed by atoms with E-state index in [2.05, 4.69) is 20.2 Å². The van der Waals surface area contributed by atoms with E-state index in [0.717, 1.165) is 18.2 Å². The van der Waals surface area contributed by atoms with Gasteiger partial charge in [-0.1, -0.05) is 19.3 Å². The Morgan fingerprint density at radius 2 is 2.11 bits per heavy atom. The summed E-state index contributed by atoms with van der Waals surface area (Å²) >= 11 is 0. The van der Waals surface area contributed by atoms with Crippen molar-refractivity contribution in [2.24, 2.45) is 5.73 Å². The number of nitrogens with one attached hydrogen (secondary N) is 1. The van der Waals surface area contributed by atoms with Gasteiger partial charge in [0.2, 0.25) is 0 Å². The molecule has 0 bridgehead atoms. The Bertz CT molecular complexity index is 387. The number of rotatable bonds is 5. The van der Waals surface area contributed by atoms with Crippen molar-refractivity contribution in [3.63, 3.8) is 0 Å². The molecule has 0 saturated heterocycles. The van der Waals surface area contributed by atoms with E-state index >= 15 is 0 Å². The first-order valence-electron chi connectivity index (χ1n) is 7.20. The van der Waals surface area contributed by atoms with E-state index in [9.17, 15) is 0 Å². The Kier molecular flexibility index (Phi) is 4.96. The molecule has 19 heavy (non-hydrogen) atoms. The van der Waals surface area contributed by atoms with Crippen LogP contribution in [-0.4, -0.2) is 35.6 Å². The van der Waals surface area contributed by atoms with Gasteiger partial charge in [-0.15, -0.1) is 0 Å². The van der Waals surface area contributed by atoms with Crippen molar-refractivity contribution in [2.45, 2.75) is 51.1 Å². The number of hydrogen-bond acceptors (Lipinski definition) is 5. The van der Waals surface area contributed by atoms with E-state index in [0.29, 0.717) is 6.04 Å². The second-order valence-electron chi connectivity index (χ2n) is 5.60. The molecule has 106 valence electrons. The maximum atomic E-state index is 5.82. The molecule has 1 saturated carbocycles. The number of anilines is 2. The number of hydrogen-bond donors (Lipinski definition) is 2. The molecule has 0 aliphatic heterocycles. The molecule has 0 spiro atoms. The Hall–Kier alpha value is -1.36. The minimum atomic E-state index is 0.134. The lowest BCUT2D eigenvalue weighted by Gasteiger charge is -2.24. The zero-order valence-electron chi connectivity index (χ0n) is 12.0. The molecule has 1 heterocycles. The highest BCUT2D eigenvalue weighted by molar-refractivity contribution is 5.48. The lowest BCUT2D eigenvalue weighted by atomic mass is 9.95. The third kappa shape index (κ3) is 4.35. The van der Waals surface area contributed by atoms with Gasteiger partial charge in [-0.05, 0) is 19.8 Å². The molecular formula is C14H25N5. The van der Waals surface area contributed by atoms with Crippen LogP contribution in [0.5, 0.6) is 0 Å². The number of nitrogens with two attached hydrogens (primary N) is 1. The second kappa shape index (κ2) is 6.70. The lowest BCUT2D eigenvalue weighted by Crippen LogP contribution is -2.33. The van der Waals surface area contributed by atoms with Crippen LogP contribution >= 0.6 is 0 Å².